The highest BCUT2D eigenvalue weighted by Crippen LogP contribution is 2.24. The number of carbonyl (C=O) groups excluding carboxylic acids is 2. The number of hydrogen-bond acceptors (Lipinski definition) is 2. The summed E-state index contributed by atoms with van der Waals surface area (Å²) in [5.41, 5.74) is 0. The van der Waals surface area contributed by atoms with Crippen molar-refractivity contribution < 1.29 is 9.59 Å². The molecule has 4 heteroatoms. The van der Waals surface area contributed by atoms with E-state index >= 15 is 0 Å². The van der Waals surface area contributed by atoms with Gasteiger partial charge in [0.1, 0.15) is 0 Å². The van der Waals surface area contributed by atoms with Gasteiger partial charge in [-0.1, -0.05) is 90.9 Å². The van der Waals surface area contributed by atoms with Crippen LogP contribution in [0.4, 0.5) is 0 Å². The van der Waals surface area contributed by atoms with Gasteiger partial charge in [-0.15, -0.1) is 0 Å². The Kier molecular flexibility index (Phi) is 18.2. The van der Waals surface area contributed by atoms with Crippen LogP contribution in [0.2, 0.25) is 0 Å². The molecular weight excluding hydrogens is 367 g/mol. The average Bonchev–Trinajstić information content (AvgIpc) is 2.56. The van der Waals surface area contributed by atoms with Gasteiger partial charge in [0.2, 0.25) is 10.5 Å². The quantitative estimate of drug-likeness (QED) is 0.160. The zero-order chi connectivity index (χ0) is 19.6. The van der Waals surface area contributed by atoms with E-state index in [2.05, 4.69) is 13.8 Å². The van der Waals surface area contributed by atoms with Gasteiger partial charge in [0, 0.05) is 12.8 Å². The standard InChI is InChI=1S/C22H40Cl2O2/c1-19(2)20(17-18-22(24)26)15-13-11-9-7-5-3-4-6-8-10-12-14-16-21(23)25/h19-20H,3-18H2,1-2H3. The summed E-state index contributed by atoms with van der Waals surface area (Å²) < 4.78 is 0. The van der Waals surface area contributed by atoms with Crippen LogP contribution in [0.5, 0.6) is 0 Å². The van der Waals surface area contributed by atoms with Crippen LogP contribution in [-0.4, -0.2) is 10.5 Å². The van der Waals surface area contributed by atoms with Gasteiger partial charge in [-0.2, -0.15) is 0 Å². The molecule has 0 aliphatic heterocycles. The molecule has 0 radical (unpaired) electrons. The van der Waals surface area contributed by atoms with E-state index in [9.17, 15) is 9.59 Å². The molecule has 1 atom stereocenters. The molecule has 0 aliphatic carbocycles. The van der Waals surface area contributed by atoms with Crippen LogP contribution >= 0.6 is 23.2 Å². The number of unbranched alkanes of at least 4 members (excludes halogenated alkanes) is 11. The van der Waals surface area contributed by atoms with Crippen LogP contribution in [0.15, 0.2) is 0 Å². The second-order valence-corrected chi connectivity index (χ2v) is 8.88. The molecule has 0 amide bonds. The smallest absolute Gasteiger partial charge is 0.221 e. The molecule has 0 aliphatic rings. The van der Waals surface area contributed by atoms with Gasteiger partial charge in [-0.3, -0.25) is 9.59 Å². The minimum atomic E-state index is -0.199. The van der Waals surface area contributed by atoms with Crippen LogP contribution in [0.3, 0.4) is 0 Å². The van der Waals surface area contributed by atoms with Gasteiger partial charge >= 0.3 is 0 Å². The summed E-state index contributed by atoms with van der Waals surface area (Å²) in [6.07, 6.45) is 18.5. The third kappa shape index (κ3) is 18.7. The van der Waals surface area contributed by atoms with Crippen molar-refractivity contribution in [1.82, 2.24) is 0 Å². The number of rotatable bonds is 19. The number of carbonyl (C=O) groups is 2. The molecule has 0 aromatic heterocycles. The van der Waals surface area contributed by atoms with Crippen molar-refractivity contribution >= 4 is 33.7 Å². The molecule has 0 N–H and O–H groups in total. The second-order valence-electron chi connectivity index (χ2n) is 8.03. The van der Waals surface area contributed by atoms with Crippen LogP contribution in [0.1, 0.15) is 117 Å². The van der Waals surface area contributed by atoms with E-state index in [-0.39, 0.29) is 10.5 Å². The molecule has 0 bridgehead atoms. The van der Waals surface area contributed by atoms with Gasteiger partial charge in [0.15, 0.2) is 0 Å². The molecule has 26 heavy (non-hydrogen) atoms. The van der Waals surface area contributed by atoms with Crippen molar-refractivity contribution in [3.63, 3.8) is 0 Å². The van der Waals surface area contributed by atoms with Crippen molar-refractivity contribution in [2.75, 3.05) is 0 Å². The Morgan fingerprint density at radius 1 is 0.577 bits per heavy atom. The number of hydrogen-bond donors (Lipinski definition) is 0. The van der Waals surface area contributed by atoms with E-state index < -0.39 is 0 Å². The maximum absolute atomic E-state index is 10.9. The summed E-state index contributed by atoms with van der Waals surface area (Å²) >= 11 is 10.8. The minimum Gasteiger partial charge on any atom is -0.281 e. The van der Waals surface area contributed by atoms with E-state index in [0.29, 0.717) is 24.7 Å². The fraction of sp³-hybridized carbons (Fsp3) is 0.909. The molecule has 154 valence electrons. The summed E-state index contributed by atoms with van der Waals surface area (Å²) in [5, 5.41) is -0.393. The zero-order valence-corrected chi connectivity index (χ0v) is 18.6. The first-order valence-corrected chi connectivity index (χ1v) is 11.6. The average molecular weight is 407 g/mol. The molecule has 0 spiro atoms. The Bertz CT molecular complexity index is 356. The van der Waals surface area contributed by atoms with Crippen molar-refractivity contribution in [1.29, 1.82) is 0 Å². The third-order valence-corrected chi connectivity index (χ3v) is 5.73. The Morgan fingerprint density at radius 3 is 1.35 bits per heavy atom. The molecule has 0 heterocycles. The lowest BCUT2D eigenvalue weighted by molar-refractivity contribution is -0.112. The molecule has 0 fully saturated rings. The van der Waals surface area contributed by atoms with Crippen LogP contribution < -0.4 is 0 Å². The summed E-state index contributed by atoms with van der Waals surface area (Å²) in [6, 6.07) is 0. The molecule has 2 nitrogen and oxygen atoms in total. The first-order chi connectivity index (χ1) is 12.4. The van der Waals surface area contributed by atoms with E-state index in [1.807, 2.05) is 0 Å². The van der Waals surface area contributed by atoms with Crippen LogP contribution in [0, 0.1) is 11.8 Å². The van der Waals surface area contributed by atoms with Gasteiger partial charge < -0.3 is 0 Å². The van der Waals surface area contributed by atoms with Crippen molar-refractivity contribution in [3.05, 3.63) is 0 Å². The summed E-state index contributed by atoms with van der Waals surface area (Å²) in [6.45, 7) is 4.50. The van der Waals surface area contributed by atoms with E-state index in [0.717, 1.165) is 19.3 Å². The highest BCUT2D eigenvalue weighted by atomic mass is 35.5. The maximum atomic E-state index is 10.9. The van der Waals surface area contributed by atoms with Crippen molar-refractivity contribution in [2.45, 2.75) is 117 Å². The first-order valence-electron chi connectivity index (χ1n) is 10.8. The monoisotopic (exact) mass is 406 g/mol. The normalized spacial score (nSPS) is 12.5. The fourth-order valence-corrected chi connectivity index (χ4v) is 3.79. The van der Waals surface area contributed by atoms with Gasteiger partial charge in [-0.25, -0.2) is 0 Å². The summed E-state index contributed by atoms with van der Waals surface area (Å²) in [5.74, 6) is 1.28. The first kappa shape index (κ1) is 25.9. The Labute approximate surface area is 171 Å². The third-order valence-electron chi connectivity index (χ3n) is 5.35. The summed E-state index contributed by atoms with van der Waals surface area (Å²) in [7, 11) is 0. The molecule has 1 unspecified atom stereocenters. The zero-order valence-electron chi connectivity index (χ0n) is 17.0. The van der Waals surface area contributed by atoms with E-state index in [4.69, 9.17) is 23.2 Å². The SMILES string of the molecule is CC(C)C(CCCCCCCCCCCCCCC(=O)Cl)CCC(=O)Cl. The fourth-order valence-electron chi connectivity index (χ4n) is 3.55. The van der Waals surface area contributed by atoms with Gasteiger partial charge in [0.05, 0.1) is 0 Å². The molecule has 0 rings (SSSR count). The highest BCUT2D eigenvalue weighted by Gasteiger charge is 2.14. The van der Waals surface area contributed by atoms with E-state index in [1.54, 1.807) is 0 Å². The lowest BCUT2D eigenvalue weighted by atomic mass is 9.86. The Morgan fingerprint density at radius 2 is 0.962 bits per heavy atom. The predicted octanol–water partition coefficient (Wildman–Crippen LogP) is 8.03. The Balaban J connectivity index is 3.34. The lowest BCUT2D eigenvalue weighted by Crippen LogP contribution is -2.10. The van der Waals surface area contributed by atoms with Gasteiger partial charge in [-0.05, 0) is 47.9 Å². The summed E-state index contributed by atoms with van der Waals surface area (Å²) in [4.78, 5) is 21.5. The maximum Gasteiger partial charge on any atom is 0.221 e. The van der Waals surface area contributed by atoms with E-state index in [1.165, 1.54) is 70.6 Å². The van der Waals surface area contributed by atoms with Crippen molar-refractivity contribution in [2.24, 2.45) is 11.8 Å². The molecule has 0 saturated carbocycles. The lowest BCUT2D eigenvalue weighted by Gasteiger charge is -2.20. The second kappa shape index (κ2) is 18.3. The minimum absolute atomic E-state index is 0.194. The number of halogens is 2. The largest absolute Gasteiger partial charge is 0.281 e. The van der Waals surface area contributed by atoms with Crippen LogP contribution in [-0.2, 0) is 9.59 Å². The molecule has 0 aromatic carbocycles. The molecular formula is C22H40Cl2O2. The topological polar surface area (TPSA) is 34.1 Å². The van der Waals surface area contributed by atoms with Crippen LogP contribution in [0.25, 0.3) is 0 Å². The highest BCUT2D eigenvalue weighted by molar-refractivity contribution is 6.63. The van der Waals surface area contributed by atoms with Crippen molar-refractivity contribution in [3.8, 4) is 0 Å². The van der Waals surface area contributed by atoms with Gasteiger partial charge in [0.25, 0.3) is 0 Å². The predicted molar refractivity (Wildman–Crippen MR) is 114 cm³/mol. The molecule has 0 saturated heterocycles. The Hall–Kier alpha value is -0.0800. The molecule has 0 aromatic rings.